The van der Waals surface area contributed by atoms with Gasteiger partial charge in [0.1, 0.15) is 12.0 Å². The Morgan fingerprint density at radius 2 is 2.43 bits per heavy atom. The second-order valence-electron chi connectivity index (χ2n) is 2.45. The summed E-state index contributed by atoms with van der Waals surface area (Å²) in [4.78, 5) is 16.1. The summed E-state index contributed by atoms with van der Waals surface area (Å²) in [5.41, 5.74) is -0.000540. The molecule has 0 aliphatic carbocycles. The van der Waals surface area contributed by atoms with Gasteiger partial charge in [0.2, 0.25) is 5.65 Å². The van der Waals surface area contributed by atoms with E-state index < -0.39 is 4.92 Å². The number of fused-ring (bicyclic) bond motifs is 1. The van der Waals surface area contributed by atoms with Crippen LogP contribution >= 0.6 is 11.8 Å². The van der Waals surface area contributed by atoms with Crippen LogP contribution in [0.1, 0.15) is 0 Å². The summed E-state index contributed by atoms with van der Waals surface area (Å²) in [7, 11) is 0. The number of nitrogens with zero attached hydrogens (tertiary/aromatic N) is 4. The van der Waals surface area contributed by atoms with Gasteiger partial charge in [-0.25, -0.2) is 4.98 Å². The highest BCUT2D eigenvalue weighted by atomic mass is 35.5. The maximum absolute atomic E-state index is 10.5. The van der Waals surface area contributed by atoms with E-state index in [1.165, 1.54) is 10.7 Å². The van der Waals surface area contributed by atoms with Crippen LogP contribution < -0.4 is 4.84 Å². The van der Waals surface area contributed by atoms with Crippen molar-refractivity contribution in [3.63, 3.8) is 0 Å². The van der Waals surface area contributed by atoms with Crippen molar-refractivity contribution in [1.82, 2.24) is 14.6 Å². The summed E-state index contributed by atoms with van der Waals surface area (Å²) in [6.45, 7) is 0. The van der Waals surface area contributed by atoms with Crippen LogP contribution in [-0.4, -0.2) is 19.5 Å². The first-order valence-electron chi connectivity index (χ1n) is 3.58. The zero-order valence-electron chi connectivity index (χ0n) is 6.72. The second kappa shape index (κ2) is 3.11. The van der Waals surface area contributed by atoms with Crippen molar-refractivity contribution in [2.45, 2.75) is 0 Å². The Morgan fingerprint density at radius 1 is 1.64 bits per heavy atom. The number of hydrogen-bond acceptors (Lipinski definition) is 5. The minimum atomic E-state index is -0.548. The van der Waals surface area contributed by atoms with E-state index in [4.69, 9.17) is 11.8 Å². The fraction of sp³-hybridized carbons (Fsp3) is 0. The molecule has 14 heavy (non-hydrogen) atoms. The number of hydrogen-bond donors (Lipinski definition) is 1. The Morgan fingerprint density at radius 3 is 3.07 bits per heavy atom. The van der Waals surface area contributed by atoms with Crippen LogP contribution in [0.5, 0.6) is 0 Å². The molecule has 0 saturated heterocycles. The van der Waals surface area contributed by atoms with Gasteiger partial charge in [-0.1, -0.05) is 0 Å². The van der Waals surface area contributed by atoms with Crippen molar-refractivity contribution in [3.05, 3.63) is 28.6 Å². The molecule has 2 aromatic heterocycles. The lowest BCUT2D eigenvalue weighted by Crippen LogP contribution is -1.97. The third-order valence-electron chi connectivity index (χ3n) is 1.68. The first-order chi connectivity index (χ1) is 6.74. The Balaban J connectivity index is 2.75. The molecule has 0 aliphatic rings. The van der Waals surface area contributed by atoms with E-state index in [0.29, 0.717) is 5.82 Å². The molecule has 0 bridgehead atoms. The number of nitro groups is 1. The van der Waals surface area contributed by atoms with Crippen LogP contribution in [0.2, 0.25) is 0 Å². The van der Waals surface area contributed by atoms with Crippen molar-refractivity contribution in [3.8, 4) is 0 Å². The Bertz CT molecular complexity index is 496. The molecule has 2 heterocycles. The third-order valence-corrected chi connectivity index (χ3v) is 1.87. The van der Waals surface area contributed by atoms with Crippen molar-refractivity contribution in [2.75, 3.05) is 4.84 Å². The van der Waals surface area contributed by atoms with Crippen LogP contribution in [0, 0.1) is 10.1 Å². The molecule has 0 saturated carbocycles. The van der Waals surface area contributed by atoms with Crippen molar-refractivity contribution in [2.24, 2.45) is 0 Å². The van der Waals surface area contributed by atoms with Gasteiger partial charge < -0.3 is 0 Å². The van der Waals surface area contributed by atoms with Crippen LogP contribution in [0.3, 0.4) is 0 Å². The highest BCUT2D eigenvalue weighted by Gasteiger charge is 2.17. The highest BCUT2D eigenvalue weighted by Crippen LogP contribution is 2.19. The van der Waals surface area contributed by atoms with E-state index in [1.807, 2.05) is 0 Å². The van der Waals surface area contributed by atoms with Crippen molar-refractivity contribution in [1.29, 1.82) is 0 Å². The Kier molecular flexibility index (Phi) is 1.93. The fourth-order valence-corrected chi connectivity index (χ4v) is 1.22. The molecule has 0 aliphatic heterocycles. The van der Waals surface area contributed by atoms with Crippen LogP contribution in [0.4, 0.5) is 11.5 Å². The summed E-state index contributed by atoms with van der Waals surface area (Å²) in [6.07, 6.45) is 2.54. The minimum absolute atomic E-state index is 0.153. The first kappa shape index (κ1) is 8.70. The summed E-state index contributed by atoms with van der Waals surface area (Å²) in [6, 6.07) is 1.55. The molecule has 0 fully saturated rings. The molecule has 72 valence electrons. The average molecular weight is 214 g/mol. The van der Waals surface area contributed by atoms with Gasteiger partial charge in [-0.2, -0.15) is 9.61 Å². The second-order valence-corrected chi connectivity index (χ2v) is 2.64. The van der Waals surface area contributed by atoms with Gasteiger partial charge in [-0.05, 0) is 0 Å². The topological polar surface area (TPSA) is 85.4 Å². The van der Waals surface area contributed by atoms with Gasteiger partial charge in [0.25, 0.3) is 0 Å². The molecule has 2 rings (SSSR count). The summed E-state index contributed by atoms with van der Waals surface area (Å²) >= 11 is 5.39. The largest absolute Gasteiger partial charge is 0.333 e. The molecule has 0 radical (unpaired) electrons. The normalized spacial score (nSPS) is 10.4. The fourth-order valence-electron chi connectivity index (χ4n) is 1.08. The lowest BCUT2D eigenvalue weighted by Gasteiger charge is -1.98. The molecular weight excluding hydrogens is 210 g/mol. The standard InChI is InChI=1S/C6H4ClN5O2/c7-10-5-1-2-8-6-4(12(13)14)3-9-11(5)6/h1-3,10H. The molecule has 0 unspecified atom stereocenters. The van der Waals surface area contributed by atoms with Gasteiger partial charge in [0.15, 0.2) is 0 Å². The van der Waals surface area contributed by atoms with E-state index in [-0.39, 0.29) is 11.3 Å². The Labute approximate surface area is 82.6 Å². The van der Waals surface area contributed by atoms with E-state index >= 15 is 0 Å². The lowest BCUT2D eigenvalue weighted by molar-refractivity contribution is -0.383. The molecular formula is C6H4ClN5O2. The van der Waals surface area contributed by atoms with Crippen LogP contribution in [-0.2, 0) is 0 Å². The maximum atomic E-state index is 10.5. The van der Waals surface area contributed by atoms with Gasteiger partial charge >= 0.3 is 5.69 Å². The molecule has 0 spiro atoms. The van der Waals surface area contributed by atoms with Gasteiger partial charge in [0.05, 0.1) is 4.92 Å². The lowest BCUT2D eigenvalue weighted by atomic mass is 10.5. The molecule has 0 aromatic carbocycles. The van der Waals surface area contributed by atoms with Crippen LogP contribution in [0.25, 0.3) is 5.65 Å². The van der Waals surface area contributed by atoms with Gasteiger partial charge in [0, 0.05) is 24.0 Å². The van der Waals surface area contributed by atoms with E-state index in [0.717, 1.165) is 6.20 Å². The molecule has 8 heteroatoms. The van der Waals surface area contributed by atoms with E-state index in [1.54, 1.807) is 6.07 Å². The third kappa shape index (κ3) is 1.14. The predicted molar refractivity (Wildman–Crippen MR) is 49.1 cm³/mol. The first-order valence-corrected chi connectivity index (χ1v) is 3.95. The predicted octanol–water partition coefficient (Wildman–Crippen LogP) is 1.20. The van der Waals surface area contributed by atoms with Crippen LogP contribution in [0.15, 0.2) is 18.5 Å². The summed E-state index contributed by atoms with van der Waals surface area (Å²) in [5, 5.41) is 14.3. The maximum Gasteiger partial charge on any atom is 0.333 e. The SMILES string of the molecule is O=[N+]([O-])c1cnn2c(NCl)ccnc12. The Hall–Kier alpha value is -1.89. The number of anilines is 1. The molecule has 1 N–H and O–H groups in total. The molecule has 0 atom stereocenters. The number of nitrogens with one attached hydrogen (secondary N) is 1. The minimum Gasteiger partial charge on any atom is -0.282 e. The number of aromatic nitrogens is 3. The van der Waals surface area contributed by atoms with Crippen molar-refractivity contribution >= 4 is 28.9 Å². The zero-order valence-corrected chi connectivity index (χ0v) is 7.47. The molecule has 7 nitrogen and oxygen atoms in total. The van der Waals surface area contributed by atoms with E-state index in [9.17, 15) is 10.1 Å². The summed E-state index contributed by atoms with van der Waals surface area (Å²) in [5.74, 6) is 0.421. The highest BCUT2D eigenvalue weighted by molar-refractivity contribution is 6.23. The zero-order chi connectivity index (χ0) is 10.1. The number of halogens is 1. The van der Waals surface area contributed by atoms with Crippen molar-refractivity contribution < 1.29 is 4.92 Å². The van der Waals surface area contributed by atoms with Gasteiger partial charge in [-0.3, -0.25) is 15.0 Å². The molecule has 0 amide bonds. The average Bonchev–Trinajstić information content (AvgIpc) is 2.60. The molecule has 2 aromatic rings. The quantitative estimate of drug-likeness (QED) is 0.460. The summed E-state index contributed by atoms with van der Waals surface area (Å²) < 4.78 is 1.26. The van der Waals surface area contributed by atoms with E-state index in [2.05, 4.69) is 14.9 Å². The smallest absolute Gasteiger partial charge is 0.282 e. The number of rotatable bonds is 2. The van der Waals surface area contributed by atoms with Gasteiger partial charge in [-0.15, -0.1) is 0 Å². The monoisotopic (exact) mass is 213 g/mol.